The first-order valence-electron chi connectivity index (χ1n) is 6.51. The van der Waals surface area contributed by atoms with E-state index in [4.69, 9.17) is 22.3 Å². The van der Waals surface area contributed by atoms with Gasteiger partial charge < -0.3 is 10.1 Å². The van der Waals surface area contributed by atoms with Crippen LogP contribution in [0.4, 0.5) is 0 Å². The Morgan fingerprint density at radius 2 is 1.90 bits per heavy atom. The number of benzene rings is 1. The molecule has 21 heavy (non-hydrogen) atoms. The number of rotatable bonds is 7. The van der Waals surface area contributed by atoms with Gasteiger partial charge in [-0.3, -0.25) is 9.11 Å². The maximum atomic E-state index is 8.74. The molecule has 0 amide bonds. The molecule has 8 heteroatoms. The van der Waals surface area contributed by atoms with Crippen LogP contribution < -0.4 is 10.1 Å². The predicted molar refractivity (Wildman–Crippen MR) is 86.8 cm³/mol. The summed E-state index contributed by atoms with van der Waals surface area (Å²) in [6, 6.07) is 8.14. The van der Waals surface area contributed by atoms with E-state index >= 15 is 0 Å². The summed E-state index contributed by atoms with van der Waals surface area (Å²) in [5.74, 6) is 1.85. The highest BCUT2D eigenvalue weighted by Gasteiger charge is 2.08. The molecule has 1 unspecified atom stereocenters. The molecule has 122 valence electrons. The van der Waals surface area contributed by atoms with Crippen molar-refractivity contribution in [1.82, 2.24) is 5.32 Å². The Morgan fingerprint density at radius 3 is 2.38 bits per heavy atom. The van der Waals surface area contributed by atoms with E-state index in [0.717, 1.165) is 31.0 Å². The summed E-state index contributed by atoms with van der Waals surface area (Å²) in [6.07, 6.45) is 1.24. The van der Waals surface area contributed by atoms with Gasteiger partial charge in [0.25, 0.3) is 0 Å². The van der Waals surface area contributed by atoms with Crippen LogP contribution >= 0.6 is 12.6 Å². The third kappa shape index (κ3) is 12.6. The Labute approximate surface area is 131 Å². The third-order valence-electron chi connectivity index (χ3n) is 2.50. The molecule has 0 aliphatic heterocycles. The monoisotopic (exact) mass is 337 g/mol. The van der Waals surface area contributed by atoms with Crippen molar-refractivity contribution in [2.24, 2.45) is 0 Å². The predicted octanol–water partition coefficient (Wildman–Crippen LogP) is 2.02. The second-order valence-corrected chi connectivity index (χ2v) is 5.63. The number of hydrogen-bond donors (Lipinski definition) is 4. The van der Waals surface area contributed by atoms with E-state index in [2.05, 4.69) is 37.9 Å². The molecule has 0 bridgehead atoms. The molecule has 1 rings (SSSR count). The lowest BCUT2D eigenvalue weighted by Gasteiger charge is -2.19. The van der Waals surface area contributed by atoms with E-state index in [1.807, 2.05) is 18.2 Å². The second kappa shape index (κ2) is 10.9. The van der Waals surface area contributed by atoms with E-state index < -0.39 is 10.4 Å². The number of hydrogen-bond acceptors (Lipinski definition) is 5. The lowest BCUT2D eigenvalue weighted by atomic mass is 10.2. The highest BCUT2D eigenvalue weighted by molar-refractivity contribution is 7.80. The van der Waals surface area contributed by atoms with Crippen molar-refractivity contribution >= 4 is 23.0 Å². The Kier molecular flexibility index (Phi) is 10.4. The van der Waals surface area contributed by atoms with Crippen molar-refractivity contribution in [2.45, 2.75) is 26.4 Å². The van der Waals surface area contributed by atoms with E-state index in [1.165, 1.54) is 5.56 Å². The summed E-state index contributed by atoms with van der Waals surface area (Å²) in [7, 11) is -4.67. The molecular formula is C13H23NO5S2. The van der Waals surface area contributed by atoms with Gasteiger partial charge in [-0.05, 0) is 25.0 Å². The van der Waals surface area contributed by atoms with Gasteiger partial charge in [0.15, 0.2) is 0 Å². The molecular weight excluding hydrogens is 314 g/mol. The highest BCUT2D eigenvalue weighted by Crippen LogP contribution is 2.18. The van der Waals surface area contributed by atoms with E-state index in [1.54, 1.807) is 0 Å². The Balaban J connectivity index is 0.000000690. The largest absolute Gasteiger partial charge is 0.489 e. The third-order valence-corrected chi connectivity index (χ3v) is 2.73. The molecule has 0 spiro atoms. The van der Waals surface area contributed by atoms with Crippen molar-refractivity contribution < 1.29 is 22.3 Å². The van der Waals surface area contributed by atoms with Crippen molar-refractivity contribution in [3.05, 3.63) is 29.8 Å². The van der Waals surface area contributed by atoms with Gasteiger partial charge in [-0.1, -0.05) is 25.1 Å². The molecule has 0 radical (unpaired) electrons. The standard InChI is InChI=1S/C13H21NOS.H2O4S/c1-3-12(10-14-8-9-16)15-13-7-5-4-6-11(13)2;1-5(2,3)4/h4-7,12,14,16H,3,8-10H2,1-2H3;(H2,1,2,3,4). The maximum absolute atomic E-state index is 8.74. The zero-order valence-electron chi connectivity index (χ0n) is 12.2. The molecule has 0 aromatic heterocycles. The average Bonchev–Trinajstić information content (AvgIpc) is 2.38. The van der Waals surface area contributed by atoms with Crippen LogP contribution in [0.15, 0.2) is 24.3 Å². The van der Waals surface area contributed by atoms with Gasteiger partial charge in [0.2, 0.25) is 0 Å². The summed E-state index contributed by atoms with van der Waals surface area (Å²) in [5, 5.41) is 3.32. The average molecular weight is 337 g/mol. The Hall–Kier alpha value is -0.800. The molecule has 1 aromatic rings. The van der Waals surface area contributed by atoms with E-state index in [9.17, 15) is 0 Å². The molecule has 3 N–H and O–H groups in total. The molecule has 0 aliphatic carbocycles. The second-order valence-electron chi connectivity index (χ2n) is 4.29. The zero-order valence-corrected chi connectivity index (χ0v) is 13.9. The number of ether oxygens (including phenoxy) is 1. The fraction of sp³-hybridized carbons (Fsp3) is 0.538. The molecule has 0 heterocycles. The van der Waals surface area contributed by atoms with Crippen LogP contribution in [0.1, 0.15) is 18.9 Å². The summed E-state index contributed by atoms with van der Waals surface area (Å²) < 4.78 is 37.5. The molecule has 1 aromatic carbocycles. The molecule has 1 atom stereocenters. The zero-order chi connectivity index (χ0) is 16.3. The fourth-order valence-corrected chi connectivity index (χ4v) is 1.64. The van der Waals surface area contributed by atoms with Crippen molar-refractivity contribution in [1.29, 1.82) is 0 Å². The number of thiol groups is 1. The number of aryl methyl sites for hydroxylation is 1. The lowest BCUT2D eigenvalue weighted by Crippen LogP contribution is -2.32. The van der Waals surface area contributed by atoms with Gasteiger partial charge in [-0.15, -0.1) is 0 Å². The van der Waals surface area contributed by atoms with Gasteiger partial charge in [0.05, 0.1) is 0 Å². The van der Waals surface area contributed by atoms with Crippen LogP contribution in [-0.2, 0) is 10.4 Å². The van der Waals surface area contributed by atoms with Crippen molar-refractivity contribution in [3.8, 4) is 5.75 Å². The summed E-state index contributed by atoms with van der Waals surface area (Å²) >= 11 is 4.16. The van der Waals surface area contributed by atoms with Crippen molar-refractivity contribution in [3.63, 3.8) is 0 Å². The van der Waals surface area contributed by atoms with Crippen LogP contribution in [0.25, 0.3) is 0 Å². The number of nitrogens with one attached hydrogen (secondary N) is 1. The molecule has 0 fully saturated rings. The fourth-order valence-electron chi connectivity index (χ4n) is 1.48. The molecule has 0 saturated heterocycles. The number of para-hydroxylation sites is 1. The highest BCUT2D eigenvalue weighted by atomic mass is 32.3. The minimum absolute atomic E-state index is 0.237. The minimum atomic E-state index is -4.67. The first-order valence-corrected chi connectivity index (χ1v) is 8.54. The van der Waals surface area contributed by atoms with Crippen LogP contribution in [0, 0.1) is 6.92 Å². The van der Waals surface area contributed by atoms with Crippen molar-refractivity contribution in [2.75, 3.05) is 18.8 Å². The maximum Gasteiger partial charge on any atom is 0.394 e. The quantitative estimate of drug-likeness (QED) is 0.345. The minimum Gasteiger partial charge on any atom is -0.489 e. The van der Waals surface area contributed by atoms with E-state index in [-0.39, 0.29) is 6.10 Å². The molecule has 0 aliphatic rings. The van der Waals surface area contributed by atoms with Crippen LogP contribution in [0.3, 0.4) is 0 Å². The van der Waals surface area contributed by atoms with E-state index in [0.29, 0.717) is 0 Å². The van der Waals surface area contributed by atoms with Gasteiger partial charge in [0, 0.05) is 18.8 Å². The Bertz CT molecular complexity index is 485. The van der Waals surface area contributed by atoms with Crippen LogP contribution in [0.5, 0.6) is 5.75 Å². The summed E-state index contributed by atoms with van der Waals surface area (Å²) in [5.41, 5.74) is 1.19. The van der Waals surface area contributed by atoms with Gasteiger partial charge in [0.1, 0.15) is 11.9 Å². The summed E-state index contributed by atoms with van der Waals surface area (Å²) in [6.45, 7) is 6.02. The normalized spacial score (nSPS) is 12.2. The summed E-state index contributed by atoms with van der Waals surface area (Å²) in [4.78, 5) is 0. The smallest absolute Gasteiger partial charge is 0.394 e. The lowest BCUT2D eigenvalue weighted by molar-refractivity contribution is 0.193. The van der Waals surface area contributed by atoms with Gasteiger partial charge >= 0.3 is 10.4 Å². The van der Waals surface area contributed by atoms with Gasteiger partial charge in [-0.25, -0.2) is 0 Å². The topological polar surface area (TPSA) is 95.9 Å². The molecule has 0 saturated carbocycles. The molecule has 6 nitrogen and oxygen atoms in total. The van der Waals surface area contributed by atoms with Crippen LogP contribution in [0.2, 0.25) is 0 Å². The van der Waals surface area contributed by atoms with Gasteiger partial charge in [-0.2, -0.15) is 21.0 Å². The van der Waals surface area contributed by atoms with Crippen LogP contribution in [-0.4, -0.2) is 42.5 Å². The first-order chi connectivity index (χ1) is 9.77. The SMILES string of the molecule is CCC(CNCCS)Oc1ccccc1C.O=S(=O)(O)O. The first kappa shape index (κ1) is 20.2. The Morgan fingerprint density at radius 1 is 1.33 bits per heavy atom.